The highest BCUT2D eigenvalue weighted by Crippen LogP contribution is 2.26. The van der Waals surface area contributed by atoms with Crippen LogP contribution in [-0.2, 0) is 4.79 Å². The molecule has 3 N–H and O–H groups in total. The molecule has 1 unspecified atom stereocenters. The molecule has 110 valence electrons. The van der Waals surface area contributed by atoms with E-state index in [0.29, 0.717) is 12.3 Å². The molecule has 0 bridgehead atoms. The zero-order chi connectivity index (χ0) is 14.4. The molecule has 1 fully saturated rings. The number of hydrogen-bond donors (Lipinski definition) is 2. The van der Waals surface area contributed by atoms with Crippen molar-refractivity contribution in [3.8, 4) is 0 Å². The Morgan fingerprint density at radius 1 is 1.25 bits per heavy atom. The molecule has 1 aromatic carbocycles. The quantitative estimate of drug-likeness (QED) is 0.648. The van der Waals surface area contributed by atoms with Crippen LogP contribution < -0.4 is 11.1 Å². The summed E-state index contributed by atoms with van der Waals surface area (Å²) in [6, 6.07) is 7.71. The fourth-order valence-electron chi connectivity index (χ4n) is 3.11. The molecule has 0 heterocycles. The van der Waals surface area contributed by atoms with Gasteiger partial charge in [0.05, 0.1) is 6.04 Å². The van der Waals surface area contributed by atoms with E-state index in [1.54, 1.807) is 0 Å². The first-order chi connectivity index (χ1) is 9.66. The molecular weight excluding hydrogens is 248 g/mol. The molecule has 1 saturated carbocycles. The van der Waals surface area contributed by atoms with Gasteiger partial charge in [0.2, 0.25) is 5.91 Å². The number of carbonyl (C=O) groups is 1. The second-order valence-electron chi connectivity index (χ2n) is 5.98. The second kappa shape index (κ2) is 7.32. The van der Waals surface area contributed by atoms with Gasteiger partial charge < -0.3 is 11.1 Å². The number of amides is 1. The van der Waals surface area contributed by atoms with E-state index in [1.807, 2.05) is 31.2 Å². The van der Waals surface area contributed by atoms with Crippen molar-refractivity contribution in [2.24, 2.45) is 5.92 Å². The number of hydrogen-bond acceptors (Lipinski definition) is 2. The summed E-state index contributed by atoms with van der Waals surface area (Å²) < 4.78 is 0. The van der Waals surface area contributed by atoms with E-state index in [-0.39, 0.29) is 11.9 Å². The first kappa shape index (κ1) is 14.9. The lowest BCUT2D eigenvalue weighted by Crippen LogP contribution is -2.28. The van der Waals surface area contributed by atoms with E-state index in [4.69, 9.17) is 5.73 Å². The predicted molar refractivity (Wildman–Crippen MR) is 83.2 cm³/mol. The summed E-state index contributed by atoms with van der Waals surface area (Å²) in [5.41, 5.74) is 7.70. The number of nitrogens with two attached hydrogens (primary N) is 1. The van der Waals surface area contributed by atoms with Gasteiger partial charge in [-0.25, -0.2) is 0 Å². The summed E-state index contributed by atoms with van der Waals surface area (Å²) >= 11 is 0. The van der Waals surface area contributed by atoms with Gasteiger partial charge in [-0.05, 0) is 37.3 Å². The number of rotatable bonds is 4. The van der Waals surface area contributed by atoms with Crippen molar-refractivity contribution in [2.45, 2.75) is 57.9 Å². The molecule has 0 spiro atoms. The number of benzene rings is 1. The highest BCUT2D eigenvalue weighted by Gasteiger charge is 2.18. The van der Waals surface area contributed by atoms with Gasteiger partial charge in [-0.2, -0.15) is 0 Å². The molecule has 0 radical (unpaired) electrons. The van der Waals surface area contributed by atoms with Gasteiger partial charge >= 0.3 is 0 Å². The lowest BCUT2D eigenvalue weighted by Gasteiger charge is -2.19. The van der Waals surface area contributed by atoms with Gasteiger partial charge in [-0.1, -0.05) is 43.9 Å². The van der Waals surface area contributed by atoms with Crippen LogP contribution in [0.5, 0.6) is 0 Å². The summed E-state index contributed by atoms with van der Waals surface area (Å²) in [7, 11) is 0. The molecule has 0 saturated heterocycles. The number of anilines is 1. The lowest BCUT2D eigenvalue weighted by molar-refractivity contribution is -0.122. The number of para-hydroxylation sites is 1. The Morgan fingerprint density at radius 3 is 2.55 bits per heavy atom. The van der Waals surface area contributed by atoms with Crippen molar-refractivity contribution in [1.29, 1.82) is 0 Å². The Morgan fingerprint density at radius 2 is 1.90 bits per heavy atom. The number of carbonyl (C=O) groups excluding carboxylic acids is 1. The molecule has 0 aliphatic heterocycles. The molecule has 3 nitrogen and oxygen atoms in total. The molecular formula is C17H26N2O. The van der Waals surface area contributed by atoms with Gasteiger partial charge in [0, 0.05) is 12.1 Å². The smallest absolute Gasteiger partial charge is 0.220 e. The molecule has 1 atom stereocenters. The van der Waals surface area contributed by atoms with Crippen LogP contribution in [0.4, 0.5) is 5.69 Å². The maximum atomic E-state index is 12.2. The number of nitrogens with one attached hydrogen (secondary N) is 1. The van der Waals surface area contributed by atoms with E-state index < -0.39 is 0 Å². The topological polar surface area (TPSA) is 55.1 Å². The summed E-state index contributed by atoms with van der Waals surface area (Å²) in [6.45, 7) is 2.00. The standard InChI is InChI=1S/C17H26N2O/c1-13(15-10-6-7-11-16(15)18)19-17(20)12-14-8-4-2-3-5-9-14/h6-7,10-11,13-14H,2-5,8-9,12,18H2,1H3,(H,19,20). The van der Waals surface area contributed by atoms with Crippen molar-refractivity contribution < 1.29 is 4.79 Å². The third-order valence-electron chi connectivity index (χ3n) is 4.29. The van der Waals surface area contributed by atoms with E-state index in [1.165, 1.54) is 38.5 Å². The summed E-state index contributed by atoms with van der Waals surface area (Å²) in [4.78, 5) is 12.2. The first-order valence-electron chi connectivity index (χ1n) is 7.80. The van der Waals surface area contributed by atoms with Crippen molar-refractivity contribution in [2.75, 3.05) is 5.73 Å². The zero-order valence-corrected chi connectivity index (χ0v) is 12.4. The average molecular weight is 274 g/mol. The molecule has 2 rings (SSSR count). The fraction of sp³-hybridized carbons (Fsp3) is 0.588. The SMILES string of the molecule is CC(NC(=O)CC1CCCCCC1)c1ccccc1N. The molecule has 1 amide bonds. The summed E-state index contributed by atoms with van der Waals surface area (Å²) in [5.74, 6) is 0.727. The van der Waals surface area contributed by atoms with Crippen molar-refractivity contribution in [3.05, 3.63) is 29.8 Å². The van der Waals surface area contributed by atoms with E-state index in [2.05, 4.69) is 5.32 Å². The van der Waals surface area contributed by atoms with Crippen LogP contribution in [-0.4, -0.2) is 5.91 Å². The minimum atomic E-state index is -0.0190. The monoisotopic (exact) mass is 274 g/mol. The minimum absolute atomic E-state index is 0.0190. The Labute approximate surface area is 121 Å². The van der Waals surface area contributed by atoms with Crippen LogP contribution >= 0.6 is 0 Å². The molecule has 1 aliphatic carbocycles. The summed E-state index contributed by atoms with van der Waals surface area (Å²) in [6.07, 6.45) is 8.28. The molecule has 3 heteroatoms. The predicted octanol–water partition coefficient (Wildman–Crippen LogP) is 3.81. The lowest BCUT2D eigenvalue weighted by atomic mass is 9.96. The zero-order valence-electron chi connectivity index (χ0n) is 12.4. The Hall–Kier alpha value is -1.51. The largest absolute Gasteiger partial charge is 0.398 e. The second-order valence-corrected chi connectivity index (χ2v) is 5.98. The van der Waals surface area contributed by atoms with Crippen LogP contribution in [0.2, 0.25) is 0 Å². The fourth-order valence-corrected chi connectivity index (χ4v) is 3.11. The average Bonchev–Trinajstić information content (AvgIpc) is 2.67. The van der Waals surface area contributed by atoms with Gasteiger partial charge in [0.15, 0.2) is 0 Å². The van der Waals surface area contributed by atoms with Crippen molar-refractivity contribution in [1.82, 2.24) is 5.32 Å². The third kappa shape index (κ3) is 4.26. The van der Waals surface area contributed by atoms with Crippen LogP contribution in [0.3, 0.4) is 0 Å². The van der Waals surface area contributed by atoms with E-state index in [0.717, 1.165) is 11.3 Å². The Balaban J connectivity index is 1.86. The van der Waals surface area contributed by atoms with Crippen LogP contribution in [0.15, 0.2) is 24.3 Å². The van der Waals surface area contributed by atoms with Gasteiger partial charge in [-0.3, -0.25) is 4.79 Å². The normalized spacial score (nSPS) is 18.2. The van der Waals surface area contributed by atoms with Gasteiger partial charge in [-0.15, -0.1) is 0 Å². The highest BCUT2D eigenvalue weighted by molar-refractivity contribution is 5.77. The maximum Gasteiger partial charge on any atom is 0.220 e. The first-order valence-corrected chi connectivity index (χ1v) is 7.80. The number of nitrogen functional groups attached to an aromatic ring is 1. The maximum absolute atomic E-state index is 12.2. The third-order valence-corrected chi connectivity index (χ3v) is 4.29. The molecule has 1 aromatic rings. The molecule has 0 aromatic heterocycles. The van der Waals surface area contributed by atoms with Crippen molar-refractivity contribution >= 4 is 11.6 Å². The van der Waals surface area contributed by atoms with Crippen LogP contribution in [0.25, 0.3) is 0 Å². The van der Waals surface area contributed by atoms with E-state index in [9.17, 15) is 4.79 Å². The molecule has 1 aliphatic rings. The van der Waals surface area contributed by atoms with Crippen molar-refractivity contribution in [3.63, 3.8) is 0 Å². The highest BCUT2D eigenvalue weighted by atomic mass is 16.1. The van der Waals surface area contributed by atoms with Gasteiger partial charge in [0.25, 0.3) is 0 Å². The molecule has 20 heavy (non-hydrogen) atoms. The van der Waals surface area contributed by atoms with E-state index >= 15 is 0 Å². The Bertz CT molecular complexity index is 436. The Kier molecular flexibility index (Phi) is 5.45. The van der Waals surface area contributed by atoms with Crippen LogP contribution in [0.1, 0.15) is 63.5 Å². The van der Waals surface area contributed by atoms with Crippen LogP contribution in [0, 0.1) is 5.92 Å². The minimum Gasteiger partial charge on any atom is -0.398 e. The summed E-state index contributed by atoms with van der Waals surface area (Å²) in [5, 5.41) is 3.09. The van der Waals surface area contributed by atoms with Gasteiger partial charge in [0.1, 0.15) is 0 Å².